The smallest absolute Gasteiger partial charge is 0.179 e. The Morgan fingerprint density at radius 1 is 1.10 bits per heavy atom. The molecule has 0 heterocycles. The second-order valence-corrected chi connectivity index (χ2v) is 14.1. The first-order valence-electron chi connectivity index (χ1n) is 6.89. The Hall–Kier alpha value is -1.64. The zero-order valence-corrected chi connectivity index (χ0v) is 14.4. The lowest BCUT2D eigenvalue weighted by molar-refractivity contribution is 0.597. The number of nitrogens with zero attached hydrogens (tertiary/aromatic N) is 1. The maximum atomic E-state index is 12.6. The van der Waals surface area contributed by atoms with Gasteiger partial charge in [0, 0.05) is 13.5 Å². The van der Waals surface area contributed by atoms with E-state index in [-0.39, 0.29) is 16.2 Å². The van der Waals surface area contributed by atoms with Gasteiger partial charge in [0.15, 0.2) is 9.84 Å². The molecule has 0 spiro atoms. The molecule has 0 aromatic heterocycles. The van der Waals surface area contributed by atoms with Crippen molar-refractivity contribution < 1.29 is 8.42 Å². The Morgan fingerprint density at radius 2 is 1.76 bits per heavy atom. The van der Waals surface area contributed by atoms with Crippen molar-refractivity contribution in [2.75, 3.05) is 5.75 Å². The van der Waals surface area contributed by atoms with Crippen LogP contribution in [0, 0.1) is 11.3 Å². The number of nitriles is 1. The van der Waals surface area contributed by atoms with Crippen LogP contribution in [0.3, 0.4) is 0 Å². The summed E-state index contributed by atoms with van der Waals surface area (Å²) in [5.74, 6) is 0.121. The van der Waals surface area contributed by atoms with Crippen LogP contribution in [0.5, 0.6) is 0 Å². The van der Waals surface area contributed by atoms with Crippen LogP contribution >= 0.6 is 0 Å². The minimum Gasteiger partial charge on any atom is -0.224 e. The highest BCUT2D eigenvalue weighted by Gasteiger charge is 2.24. The summed E-state index contributed by atoms with van der Waals surface area (Å²) in [6, 6.07) is 13.5. The van der Waals surface area contributed by atoms with Crippen molar-refractivity contribution in [1.29, 1.82) is 5.26 Å². The molecule has 0 fully saturated rings. The largest absolute Gasteiger partial charge is 0.224 e. The molecule has 0 radical (unpaired) electrons. The van der Waals surface area contributed by atoms with Crippen molar-refractivity contribution in [3.63, 3.8) is 0 Å². The number of hydrogen-bond acceptors (Lipinski definition) is 3. The van der Waals surface area contributed by atoms with Gasteiger partial charge in [-0.15, -0.1) is 0 Å². The van der Waals surface area contributed by atoms with Gasteiger partial charge in [-0.05, 0) is 17.5 Å². The zero-order chi connectivity index (χ0) is 15.7. The van der Waals surface area contributed by atoms with Crippen LogP contribution < -0.4 is 0 Å². The molecule has 21 heavy (non-hydrogen) atoms. The van der Waals surface area contributed by atoms with E-state index in [1.165, 1.54) is 0 Å². The van der Waals surface area contributed by atoms with Gasteiger partial charge in [0.25, 0.3) is 0 Å². The van der Waals surface area contributed by atoms with Crippen LogP contribution in [0.15, 0.2) is 41.3 Å². The Bertz CT molecular complexity index is 814. The minimum atomic E-state index is -3.42. The van der Waals surface area contributed by atoms with Crippen molar-refractivity contribution in [3.8, 4) is 6.07 Å². The molecule has 0 aliphatic carbocycles. The van der Waals surface area contributed by atoms with Crippen molar-refractivity contribution >= 4 is 28.7 Å². The van der Waals surface area contributed by atoms with Crippen LogP contribution in [-0.2, 0) is 9.84 Å². The molecule has 2 rings (SSSR count). The summed E-state index contributed by atoms with van der Waals surface area (Å²) >= 11 is 0. The topological polar surface area (TPSA) is 57.9 Å². The van der Waals surface area contributed by atoms with E-state index in [1.54, 1.807) is 18.2 Å². The first-order chi connectivity index (χ1) is 9.74. The number of fused-ring (bicyclic) bond motifs is 1. The molecule has 5 heteroatoms. The molecule has 3 nitrogen and oxygen atoms in total. The molecule has 0 aliphatic rings. The summed E-state index contributed by atoms with van der Waals surface area (Å²) in [7, 11) is -4.86. The van der Waals surface area contributed by atoms with Crippen molar-refractivity contribution in [2.24, 2.45) is 0 Å². The fourth-order valence-electron chi connectivity index (χ4n) is 2.18. The summed E-state index contributed by atoms with van der Waals surface area (Å²) in [6.07, 6.45) is 0. The Kier molecular flexibility index (Phi) is 4.22. The molecule has 2 aromatic rings. The van der Waals surface area contributed by atoms with Crippen molar-refractivity contribution in [1.82, 2.24) is 0 Å². The van der Waals surface area contributed by atoms with Gasteiger partial charge >= 0.3 is 0 Å². The van der Waals surface area contributed by atoms with E-state index in [0.29, 0.717) is 11.4 Å². The monoisotopic (exact) mass is 317 g/mol. The Labute approximate surface area is 127 Å². The zero-order valence-electron chi connectivity index (χ0n) is 12.6. The van der Waals surface area contributed by atoms with E-state index in [0.717, 1.165) is 5.39 Å². The summed E-state index contributed by atoms with van der Waals surface area (Å²) in [4.78, 5) is 0.168. The molecule has 0 atom stereocenters. The standard InChI is InChI=1S/C16H19NO2SSi/c1-21(2,3)11-10-20(18,19)16-9-8-13-6-4-5-7-14(13)15(16)12-17/h4-9H,10-11H2,1-3H3. The second-order valence-electron chi connectivity index (χ2n) is 6.40. The van der Waals surface area contributed by atoms with E-state index in [2.05, 4.69) is 25.7 Å². The summed E-state index contributed by atoms with van der Waals surface area (Å²) in [5, 5.41) is 11.0. The van der Waals surface area contributed by atoms with Gasteiger partial charge in [-0.1, -0.05) is 50.0 Å². The predicted octanol–water partition coefficient (Wildman–Crippen LogP) is 3.82. The Morgan fingerprint density at radius 3 is 2.38 bits per heavy atom. The predicted molar refractivity (Wildman–Crippen MR) is 88.9 cm³/mol. The normalized spacial score (nSPS) is 12.3. The molecular formula is C16H19NO2SSi. The highest BCUT2D eigenvalue weighted by Crippen LogP contribution is 2.27. The van der Waals surface area contributed by atoms with Gasteiger partial charge in [-0.2, -0.15) is 5.26 Å². The van der Waals surface area contributed by atoms with Crippen molar-refractivity contribution in [2.45, 2.75) is 30.6 Å². The van der Waals surface area contributed by atoms with Crippen LogP contribution in [0.1, 0.15) is 5.56 Å². The molecular weight excluding hydrogens is 298 g/mol. The lowest BCUT2D eigenvalue weighted by atomic mass is 10.1. The van der Waals surface area contributed by atoms with Gasteiger partial charge in [0.2, 0.25) is 0 Å². The Balaban J connectivity index is 2.54. The molecule has 0 bridgehead atoms. The van der Waals surface area contributed by atoms with Gasteiger partial charge in [-0.3, -0.25) is 0 Å². The first kappa shape index (κ1) is 15.7. The number of sulfone groups is 1. The average Bonchev–Trinajstić information content (AvgIpc) is 2.43. The summed E-state index contributed by atoms with van der Waals surface area (Å²) in [6.45, 7) is 6.44. The van der Waals surface area contributed by atoms with Crippen LogP contribution in [0.4, 0.5) is 0 Å². The number of hydrogen-bond donors (Lipinski definition) is 0. The van der Waals surface area contributed by atoms with Crippen LogP contribution in [0.2, 0.25) is 25.7 Å². The highest BCUT2D eigenvalue weighted by molar-refractivity contribution is 7.91. The summed E-state index contributed by atoms with van der Waals surface area (Å²) in [5.41, 5.74) is 0.267. The first-order valence-corrected chi connectivity index (χ1v) is 12.3. The van der Waals surface area contributed by atoms with Crippen molar-refractivity contribution in [3.05, 3.63) is 42.0 Å². The lowest BCUT2D eigenvalue weighted by Crippen LogP contribution is -2.24. The number of rotatable bonds is 4. The van der Waals surface area contributed by atoms with Crippen LogP contribution in [0.25, 0.3) is 10.8 Å². The van der Waals surface area contributed by atoms with E-state index < -0.39 is 17.9 Å². The van der Waals surface area contributed by atoms with Gasteiger partial charge in [0.1, 0.15) is 6.07 Å². The fourth-order valence-corrected chi connectivity index (χ4v) is 6.66. The van der Waals surface area contributed by atoms with Gasteiger partial charge < -0.3 is 0 Å². The SMILES string of the molecule is C[Si](C)(C)CCS(=O)(=O)c1ccc2ccccc2c1C#N. The maximum Gasteiger partial charge on any atom is 0.179 e. The molecule has 0 saturated heterocycles. The van der Waals surface area contributed by atoms with E-state index in [9.17, 15) is 13.7 Å². The molecule has 0 aliphatic heterocycles. The molecule has 0 amide bonds. The number of benzene rings is 2. The third kappa shape index (κ3) is 3.52. The molecule has 110 valence electrons. The second kappa shape index (κ2) is 5.62. The molecule has 0 N–H and O–H groups in total. The highest BCUT2D eigenvalue weighted by atomic mass is 32.2. The fraction of sp³-hybridized carbons (Fsp3) is 0.312. The quantitative estimate of drug-likeness (QED) is 0.805. The van der Waals surface area contributed by atoms with Gasteiger partial charge in [-0.25, -0.2) is 8.42 Å². The maximum absolute atomic E-state index is 12.6. The molecule has 0 saturated carbocycles. The minimum absolute atomic E-state index is 0.121. The lowest BCUT2D eigenvalue weighted by Gasteiger charge is -2.16. The molecule has 2 aromatic carbocycles. The van der Waals surface area contributed by atoms with E-state index in [1.807, 2.05) is 18.2 Å². The summed E-state index contributed by atoms with van der Waals surface area (Å²) < 4.78 is 25.1. The van der Waals surface area contributed by atoms with Crippen LogP contribution in [-0.4, -0.2) is 22.2 Å². The third-order valence-corrected chi connectivity index (χ3v) is 7.32. The molecule has 0 unspecified atom stereocenters. The third-order valence-electron chi connectivity index (χ3n) is 3.46. The van der Waals surface area contributed by atoms with E-state index in [4.69, 9.17) is 0 Å². The average molecular weight is 317 g/mol. The van der Waals surface area contributed by atoms with Gasteiger partial charge in [0.05, 0.1) is 16.2 Å². The van der Waals surface area contributed by atoms with E-state index >= 15 is 0 Å².